The topological polar surface area (TPSA) is 155 Å². The second-order valence-corrected chi connectivity index (χ2v) is 9.44. The van der Waals surface area contributed by atoms with E-state index in [0.29, 0.717) is 25.1 Å². The first kappa shape index (κ1) is 31.0. The van der Waals surface area contributed by atoms with E-state index in [0.717, 1.165) is 4.47 Å². The zero-order valence-electron chi connectivity index (χ0n) is 21.1. The van der Waals surface area contributed by atoms with Crippen molar-refractivity contribution in [3.05, 3.63) is 34.3 Å². The van der Waals surface area contributed by atoms with Crippen LogP contribution in [0.2, 0.25) is 0 Å². The van der Waals surface area contributed by atoms with Gasteiger partial charge in [0.15, 0.2) is 11.7 Å². The van der Waals surface area contributed by atoms with E-state index in [1.807, 2.05) is 6.92 Å². The molecule has 0 aliphatic heterocycles. The number of nitrogens with two attached hydrogens (primary N) is 1. The zero-order valence-corrected chi connectivity index (χ0v) is 22.7. The molecule has 12 heteroatoms. The van der Waals surface area contributed by atoms with E-state index in [2.05, 4.69) is 42.2 Å². The first-order valence-electron chi connectivity index (χ1n) is 11.8. The number of nitrogens with zero attached hydrogens (tertiary/aromatic N) is 1. The van der Waals surface area contributed by atoms with Crippen molar-refractivity contribution in [2.45, 2.75) is 58.7 Å². The molecule has 0 heterocycles. The number of halogens is 2. The number of carbonyl (C=O) groups excluding carboxylic acids is 4. The first-order valence-corrected chi connectivity index (χ1v) is 12.6. The molecule has 0 fully saturated rings. The second kappa shape index (κ2) is 15.9. The Kier molecular flexibility index (Phi) is 13.7. The highest BCUT2D eigenvalue weighted by Gasteiger charge is 2.29. The van der Waals surface area contributed by atoms with Gasteiger partial charge in [-0.2, -0.15) is 0 Å². The molecule has 0 aliphatic carbocycles. The summed E-state index contributed by atoms with van der Waals surface area (Å²) in [4.78, 5) is 54.1. The van der Waals surface area contributed by atoms with E-state index >= 15 is 0 Å². The molecule has 1 aromatic carbocycles. The van der Waals surface area contributed by atoms with Gasteiger partial charge in [-0.3, -0.25) is 24.2 Å². The van der Waals surface area contributed by atoms with Gasteiger partial charge in [-0.15, -0.1) is 0 Å². The van der Waals surface area contributed by atoms with Gasteiger partial charge in [0.1, 0.15) is 18.8 Å². The zero-order chi connectivity index (χ0) is 27.3. The average molecular weight is 571 g/mol. The first-order chi connectivity index (χ1) is 17.0. The van der Waals surface area contributed by atoms with Gasteiger partial charge in [0.25, 0.3) is 5.91 Å². The van der Waals surface area contributed by atoms with E-state index in [9.17, 15) is 23.6 Å². The maximum absolute atomic E-state index is 13.0. The Hall–Kier alpha value is -3.02. The van der Waals surface area contributed by atoms with Crippen molar-refractivity contribution in [1.29, 1.82) is 0 Å². The fraction of sp³-hybridized carbons (Fsp3) is 0.542. The summed E-state index contributed by atoms with van der Waals surface area (Å²) in [7, 11) is 0. The third-order valence-corrected chi connectivity index (χ3v) is 5.76. The Bertz CT molecular complexity index is 926. The number of hydrogen-bond donors (Lipinski definition) is 5. The Balaban J connectivity index is 2.71. The Morgan fingerprint density at radius 2 is 1.67 bits per heavy atom. The number of rotatable bonds is 14. The molecule has 6 N–H and O–H groups in total. The highest BCUT2D eigenvalue weighted by atomic mass is 79.9. The summed E-state index contributed by atoms with van der Waals surface area (Å²) in [5, 5.41) is 10.6. The van der Waals surface area contributed by atoms with Crippen LogP contribution in [0.5, 0.6) is 0 Å². The quantitative estimate of drug-likeness (QED) is 0.129. The van der Waals surface area contributed by atoms with Crippen LogP contribution in [0.3, 0.4) is 0 Å². The van der Waals surface area contributed by atoms with Crippen molar-refractivity contribution in [1.82, 2.24) is 21.3 Å². The maximum atomic E-state index is 13.0. The van der Waals surface area contributed by atoms with E-state index < -0.39 is 48.3 Å². The minimum absolute atomic E-state index is 0.180. The van der Waals surface area contributed by atoms with Gasteiger partial charge in [0, 0.05) is 23.1 Å². The summed E-state index contributed by atoms with van der Waals surface area (Å²) in [6, 6.07) is 3.69. The largest absolute Gasteiger partial charge is 0.370 e. The summed E-state index contributed by atoms with van der Waals surface area (Å²) < 4.78 is 13.9. The molecule has 3 atom stereocenters. The van der Waals surface area contributed by atoms with E-state index in [1.54, 1.807) is 38.1 Å². The Morgan fingerprint density at radius 1 is 1.03 bits per heavy atom. The molecule has 0 saturated heterocycles. The van der Waals surface area contributed by atoms with Crippen LogP contribution in [-0.2, 0) is 14.4 Å². The van der Waals surface area contributed by atoms with Crippen molar-refractivity contribution in [3.63, 3.8) is 0 Å². The van der Waals surface area contributed by atoms with Crippen LogP contribution in [0.1, 0.15) is 50.9 Å². The van der Waals surface area contributed by atoms with Crippen LogP contribution in [0.15, 0.2) is 33.7 Å². The van der Waals surface area contributed by atoms with Crippen LogP contribution in [-0.4, -0.2) is 67.4 Å². The number of nitrogens with one attached hydrogen (secondary N) is 4. The van der Waals surface area contributed by atoms with Gasteiger partial charge in [0.2, 0.25) is 11.8 Å². The number of amides is 3. The number of Topliss-reactive ketones (excluding diaryl/α,β-unsaturated/α-hetero) is 1. The maximum Gasteiger partial charge on any atom is 0.251 e. The van der Waals surface area contributed by atoms with E-state index in [-0.39, 0.29) is 18.3 Å². The standard InChI is InChI=1S/C24H36BrFN6O4/c1-5-28-24(27)29-12-6-7-18(19(33)13-26)31-21(34)15(4)30-23(36)20(14(2)3)32-22(35)16-8-10-17(25)11-9-16/h8-11,14-15,18,20H,5-7,12-13H2,1-4H3,(H,30,36)(H,31,34)(H,32,35)(H3,27,28,29)/t15-,18-,20-/m0/s1. The average Bonchev–Trinajstić information content (AvgIpc) is 2.83. The molecule has 0 aliphatic rings. The molecule has 1 aromatic rings. The van der Waals surface area contributed by atoms with Crippen molar-refractivity contribution in [3.8, 4) is 0 Å². The summed E-state index contributed by atoms with van der Waals surface area (Å²) >= 11 is 3.30. The molecule has 0 unspecified atom stereocenters. The van der Waals surface area contributed by atoms with Crippen molar-refractivity contribution >= 4 is 45.4 Å². The minimum Gasteiger partial charge on any atom is -0.370 e. The fourth-order valence-electron chi connectivity index (χ4n) is 3.18. The number of carbonyl (C=O) groups is 4. The lowest BCUT2D eigenvalue weighted by Gasteiger charge is -2.25. The van der Waals surface area contributed by atoms with Crippen LogP contribution < -0.4 is 27.0 Å². The van der Waals surface area contributed by atoms with Gasteiger partial charge in [0.05, 0.1) is 6.04 Å². The molecule has 0 spiro atoms. The number of ketones is 1. The third-order valence-electron chi connectivity index (χ3n) is 5.24. The van der Waals surface area contributed by atoms with Crippen LogP contribution in [0.25, 0.3) is 0 Å². The molecular weight excluding hydrogens is 535 g/mol. The minimum atomic E-state index is -1.23. The molecule has 0 aromatic heterocycles. The molecule has 10 nitrogen and oxygen atoms in total. The van der Waals surface area contributed by atoms with Gasteiger partial charge in [-0.1, -0.05) is 29.8 Å². The molecule has 0 saturated carbocycles. The van der Waals surface area contributed by atoms with Gasteiger partial charge in [-0.25, -0.2) is 4.39 Å². The predicted molar refractivity (Wildman–Crippen MR) is 140 cm³/mol. The molecule has 0 bridgehead atoms. The number of aliphatic imine (C=N–C) groups is 1. The van der Waals surface area contributed by atoms with Crippen LogP contribution >= 0.6 is 15.9 Å². The Morgan fingerprint density at radius 3 is 2.22 bits per heavy atom. The lowest BCUT2D eigenvalue weighted by molar-refractivity contribution is -0.132. The molecule has 3 amide bonds. The number of guanidine groups is 1. The highest BCUT2D eigenvalue weighted by Crippen LogP contribution is 2.11. The van der Waals surface area contributed by atoms with Crippen molar-refractivity contribution in [2.24, 2.45) is 16.6 Å². The third kappa shape index (κ3) is 10.7. The Labute approximate surface area is 219 Å². The molecular formula is C24H36BrFN6O4. The summed E-state index contributed by atoms with van der Waals surface area (Å²) in [6.07, 6.45) is 0.605. The monoisotopic (exact) mass is 570 g/mol. The smallest absolute Gasteiger partial charge is 0.251 e. The highest BCUT2D eigenvalue weighted by molar-refractivity contribution is 9.10. The summed E-state index contributed by atoms with van der Waals surface area (Å²) in [5.74, 6) is -2.40. The van der Waals surface area contributed by atoms with Crippen LogP contribution in [0, 0.1) is 5.92 Å². The number of alkyl halides is 1. The predicted octanol–water partition coefficient (Wildman–Crippen LogP) is 1.44. The van der Waals surface area contributed by atoms with Gasteiger partial charge in [-0.05, 0) is 56.9 Å². The summed E-state index contributed by atoms with van der Waals surface area (Å²) in [5.41, 5.74) is 6.02. The van der Waals surface area contributed by atoms with Gasteiger partial charge >= 0.3 is 0 Å². The van der Waals surface area contributed by atoms with Crippen molar-refractivity contribution in [2.75, 3.05) is 19.8 Å². The molecule has 36 heavy (non-hydrogen) atoms. The van der Waals surface area contributed by atoms with Crippen molar-refractivity contribution < 1.29 is 23.6 Å². The number of hydrogen-bond acceptors (Lipinski definition) is 5. The van der Waals surface area contributed by atoms with E-state index in [4.69, 9.17) is 5.73 Å². The molecule has 0 radical (unpaired) electrons. The van der Waals surface area contributed by atoms with Crippen LogP contribution in [0.4, 0.5) is 4.39 Å². The number of benzene rings is 1. The normalized spacial score (nSPS) is 13.9. The molecule has 200 valence electrons. The van der Waals surface area contributed by atoms with E-state index in [1.165, 1.54) is 6.92 Å². The lowest BCUT2D eigenvalue weighted by Crippen LogP contribution is -2.56. The lowest BCUT2D eigenvalue weighted by atomic mass is 10.0. The molecule has 1 rings (SSSR count). The van der Waals surface area contributed by atoms with Gasteiger partial charge < -0.3 is 27.0 Å². The second-order valence-electron chi connectivity index (χ2n) is 8.52. The SMILES string of the molecule is CC/N=C(\N)NCCC[C@H](NC(=O)[C@H](C)NC(=O)[C@@H](NC(=O)c1ccc(Br)cc1)C(C)C)C(=O)CF. The summed E-state index contributed by atoms with van der Waals surface area (Å²) in [6.45, 7) is 6.49. The fourth-order valence-corrected chi connectivity index (χ4v) is 3.45.